The highest BCUT2D eigenvalue weighted by Crippen LogP contribution is 2.36. The second-order valence-corrected chi connectivity index (χ2v) is 5.23. The first-order chi connectivity index (χ1) is 7.86. The zero-order valence-electron chi connectivity index (χ0n) is 8.80. The lowest BCUT2D eigenvalue weighted by Crippen LogP contribution is -2.07. The fraction of sp³-hybridized carbons (Fsp3) is 0.333. The van der Waals surface area contributed by atoms with Gasteiger partial charge in [0.1, 0.15) is 5.00 Å². The number of aldehydes is 1. The van der Waals surface area contributed by atoms with Crippen LogP contribution in [0.5, 0.6) is 0 Å². The molecule has 0 radical (unpaired) electrons. The second-order valence-electron chi connectivity index (χ2n) is 4.14. The number of carbonyl (C=O) groups is 1. The summed E-state index contributed by atoms with van der Waals surface area (Å²) in [5.41, 5.74) is 1.33. The minimum Gasteiger partial charge on any atom is -0.297 e. The molecule has 2 aromatic rings. The van der Waals surface area contributed by atoms with Gasteiger partial charge in [-0.05, 0) is 36.5 Å². The molecule has 0 amide bonds. The van der Waals surface area contributed by atoms with E-state index in [0.717, 1.165) is 16.2 Å². The summed E-state index contributed by atoms with van der Waals surface area (Å²) in [6, 6.07) is 3.77. The number of nitrogens with zero attached hydrogens (tertiary/aromatic N) is 2. The maximum absolute atomic E-state index is 10.6. The smallest absolute Gasteiger partial charge is 0.160 e. The quantitative estimate of drug-likeness (QED) is 0.762. The minimum absolute atomic E-state index is 0.708. The highest BCUT2D eigenvalue weighted by molar-refractivity contribution is 7.16. The summed E-state index contributed by atoms with van der Waals surface area (Å²) in [6.45, 7) is 0. The van der Waals surface area contributed by atoms with Crippen LogP contribution in [0.15, 0.2) is 24.5 Å². The Balaban J connectivity index is 1.88. The Morgan fingerprint density at radius 3 is 2.94 bits per heavy atom. The highest BCUT2D eigenvalue weighted by atomic mass is 32.1. The molecule has 4 heteroatoms. The summed E-state index contributed by atoms with van der Waals surface area (Å²) in [7, 11) is 0. The zero-order valence-corrected chi connectivity index (χ0v) is 9.61. The number of thiophene rings is 1. The molecule has 16 heavy (non-hydrogen) atoms. The third-order valence-corrected chi connectivity index (χ3v) is 4.13. The maximum atomic E-state index is 10.6. The van der Waals surface area contributed by atoms with Gasteiger partial charge in [0.15, 0.2) is 6.29 Å². The van der Waals surface area contributed by atoms with Crippen LogP contribution in [0.2, 0.25) is 0 Å². The summed E-state index contributed by atoms with van der Waals surface area (Å²) < 4.78 is 1.87. The molecule has 0 N–H and O–H groups in total. The molecule has 2 heterocycles. The number of hydrogen-bond acceptors (Lipinski definition) is 3. The lowest BCUT2D eigenvalue weighted by Gasteiger charge is -2.23. The van der Waals surface area contributed by atoms with Gasteiger partial charge >= 0.3 is 0 Å². The number of aromatic nitrogens is 2. The summed E-state index contributed by atoms with van der Waals surface area (Å²) >= 11 is 1.47. The van der Waals surface area contributed by atoms with Crippen LogP contribution in [-0.4, -0.2) is 16.1 Å². The Morgan fingerprint density at radius 2 is 2.31 bits per heavy atom. The van der Waals surface area contributed by atoms with Crippen molar-refractivity contribution in [2.45, 2.75) is 25.2 Å². The lowest BCUT2D eigenvalue weighted by molar-refractivity contribution is 0.112. The van der Waals surface area contributed by atoms with E-state index in [-0.39, 0.29) is 0 Å². The van der Waals surface area contributed by atoms with Crippen LogP contribution in [0.3, 0.4) is 0 Å². The molecular formula is C12H12N2OS. The molecule has 0 spiro atoms. The second kappa shape index (κ2) is 3.87. The van der Waals surface area contributed by atoms with Crippen LogP contribution in [0, 0.1) is 0 Å². The standard InChI is InChI=1S/C12H12N2OS/c15-8-11-4-5-12(16-11)14-7-10(6-13-14)9-2-1-3-9/h4-9H,1-3H2. The average Bonchev–Trinajstić information content (AvgIpc) is 2.81. The van der Waals surface area contributed by atoms with Gasteiger partial charge in [-0.2, -0.15) is 5.10 Å². The molecule has 0 bridgehead atoms. The van der Waals surface area contributed by atoms with Gasteiger partial charge in [0.2, 0.25) is 0 Å². The van der Waals surface area contributed by atoms with E-state index in [4.69, 9.17) is 0 Å². The zero-order chi connectivity index (χ0) is 11.0. The van der Waals surface area contributed by atoms with Crippen LogP contribution in [0.25, 0.3) is 5.00 Å². The first-order valence-corrected chi connectivity index (χ1v) is 6.28. The normalized spacial score (nSPS) is 16.0. The monoisotopic (exact) mass is 232 g/mol. The largest absolute Gasteiger partial charge is 0.297 e. The van der Waals surface area contributed by atoms with Crippen LogP contribution >= 0.6 is 11.3 Å². The molecule has 82 valence electrons. The van der Waals surface area contributed by atoms with Crippen LogP contribution in [-0.2, 0) is 0 Å². The number of carbonyl (C=O) groups excluding carboxylic acids is 1. The van der Waals surface area contributed by atoms with Gasteiger partial charge in [0.25, 0.3) is 0 Å². The van der Waals surface area contributed by atoms with Gasteiger partial charge in [-0.1, -0.05) is 6.42 Å². The molecule has 0 atom stereocenters. The first kappa shape index (κ1) is 9.78. The van der Waals surface area contributed by atoms with Gasteiger partial charge < -0.3 is 0 Å². The first-order valence-electron chi connectivity index (χ1n) is 5.47. The Labute approximate surface area is 97.7 Å². The van der Waals surface area contributed by atoms with Gasteiger partial charge in [-0.15, -0.1) is 11.3 Å². The van der Waals surface area contributed by atoms with Crippen LogP contribution in [0.1, 0.15) is 40.4 Å². The van der Waals surface area contributed by atoms with E-state index in [1.54, 1.807) is 0 Å². The van der Waals surface area contributed by atoms with Crippen molar-refractivity contribution >= 4 is 17.6 Å². The molecule has 1 fully saturated rings. The van der Waals surface area contributed by atoms with Crippen molar-refractivity contribution in [1.29, 1.82) is 0 Å². The minimum atomic E-state index is 0.708. The molecular weight excluding hydrogens is 220 g/mol. The molecule has 3 nitrogen and oxygen atoms in total. The third-order valence-electron chi connectivity index (χ3n) is 3.13. The van der Waals surface area contributed by atoms with Crippen molar-refractivity contribution in [1.82, 2.24) is 9.78 Å². The summed E-state index contributed by atoms with van der Waals surface area (Å²) in [5.74, 6) is 0.708. The van der Waals surface area contributed by atoms with E-state index in [0.29, 0.717) is 5.92 Å². The molecule has 0 unspecified atom stereocenters. The van der Waals surface area contributed by atoms with E-state index in [2.05, 4.69) is 11.3 Å². The van der Waals surface area contributed by atoms with Gasteiger partial charge in [-0.25, -0.2) is 4.68 Å². The van der Waals surface area contributed by atoms with Gasteiger partial charge in [0.05, 0.1) is 11.1 Å². The van der Waals surface area contributed by atoms with E-state index in [1.807, 2.05) is 23.0 Å². The van der Waals surface area contributed by atoms with Crippen molar-refractivity contribution < 1.29 is 4.79 Å². The van der Waals surface area contributed by atoms with E-state index >= 15 is 0 Å². The number of hydrogen-bond donors (Lipinski definition) is 0. The maximum Gasteiger partial charge on any atom is 0.160 e. The Hall–Kier alpha value is -1.42. The molecule has 2 aromatic heterocycles. The van der Waals surface area contributed by atoms with Gasteiger partial charge in [-0.3, -0.25) is 4.79 Å². The average molecular weight is 232 g/mol. The van der Waals surface area contributed by atoms with Crippen LogP contribution in [0.4, 0.5) is 0 Å². The molecule has 0 saturated heterocycles. The third kappa shape index (κ3) is 1.59. The molecule has 3 rings (SSSR count). The molecule has 0 aromatic carbocycles. The van der Waals surface area contributed by atoms with Crippen molar-refractivity contribution in [3.05, 3.63) is 35.0 Å². The van der Waals surface area contributed by atoms with Crippen molar-refractivity contribution in [2.75, 3.05) is 0 Å². The highest BCUT2D eigenvalue weighted by Gasteiger charge is 2.21. The van der Waals surface area contributed by atoms with Crippen molar-refractivity contribution in [3.63, 3.8) is 0 Å². The summed E-state index contributed by atoms with van der Waals surface area (Å²) in [6.07, 6.45) is 8.83. The Kier molecular flexibility index (Phi) is 2.36. The summed E-state index contributed by atoms with van der Waals surface area (Å²) in [4.78, 5) is 11.3. The van der Waals surface area contributed by atoms with Crippen LogP contribution < -0.4 is 0 Å². The van der Waals surface area contributed by atoms with Gasteiger partial charge in [0, 0.05) is 6.20 Å². The van der Waals surface area contributed by atoms with Crippen molar-refractivity contribution in [2.24, 2.45) is 0 Å². The van der Waals surface area contributed by atoms with E-state index in [1.165, 1.54) is 36.2 Å². The van der Waals surface area contributed by atoms with E-state index in [9.17, 15) is 4.79 Å². The van der Waals surface area contributed by atoms with Crippen molar-refractivity contribution in [3.8, 4) is 5.00 Å². The molecule has 1 saturated carbocycles. The fourth-order valence-electron chi connectivity index (χ4n) is 1.94. The lowest BCUT2D eigenvalue weighted by atomic mass is 9.81. The molecule has 1 aliphatic carbocycles. The Morgan fingerprint density at radius 1 is 1.44 bits per heavy atom. The predicted molar refractivity (Wildman–Crippen MR) is 63.4 cm³/mol. The molecule has 0 aliphatic heterocycles. The SMILES string of the molecule is O=Cc1ccc(-n2cc(C3CCC3)cn2)s1. The predicted octanol–water partition coefficient (Wildman–Crippen LogP) is 3.01. The molecule has 1 aliphatic rings. The van der Waals surface area contributed by atoms with E-state index < -0.39 is 0 Å². The fourth-order valence-corrected chi connectivity index (χ4v) is 2.69. The topological polar surface area (TPSA) is 34.9 Å². The number of rotatable bonds is 3. The summed E-state index contributed by atoms with van der Waals surface area (Å²) in [5, 5.41) is 5.36. The Bertz CT molecular complexity index is 511.